The van der Waals surface area contributed by atoms with Gasteiger partial charge in [-0.25, -0.2) is 4.79 Å². The van der Waals surface area contributed by atoms with E-state index < -0.39 is 43.8 Å². The molecule has 52 heavy (non-hydrogen) atoms. The molecule has 1 aliphatic heterocycles. The number of benzene rings is 4. The smallest absolute Gasteiger partial charge is 0.325 e. The van der Waals surface area contributed by atoms with Gasteiger partial charge in [-0.05, 0) is 65.8 Å². The van der Waals surface area contributed by atoms with Gasteiger partial charge in [-0.1, -0.05) is 78.9 Å². The number of nitrogen functional groups attached to an aromatic ring is 2. The molecule has 0 unspecified atom stereocenters. The zero-order valence-electron chi connectivity index (χ0n) is 28.6. The number of amides is 3. The number of carbonyl (C=O) groups excluding carboxylic acids is 2. The van der Waals surface area contributed by atoms with E-state index in [1.54, 1.807) is 47.4 Å². The van der Waals surface area contributed by atoms with Crippen molar-refractivity contribution in [3.63, 3.8) is 0 Å². The molecule has 0 bridgehead atoms. The van der Waals surface area contributed by atoms with E-state index in [0.717, 1.165) is 11.1 Å². The fourth-order valence-electron chi connectivity index (χ4n) is 6.54. The van der Waals surface area contributed by atoms with Crippen LogP contribution in [0.25, 0.3) is 0 Å². The molecule has 0 aromatic heterocycles. The zero-order chi connectivity index (χ0) is 37.4. The highest BCUT2D eigenvalue weighted by Gasteiger charge is 2.46. The first-order valence-corrected chi connectivity index (χ1v) is 18.8. The Kier molecular flexibility index (Phi) is 12.5. The van der Waals surface area contributed by atoms with Gasteiger partial charge >= 0.3 is 13.6 Å². The fourth-order valence-corrected chi connectivity index (χ4v) is 7.11. The van der Waals surface area contributed by atoms with Gasteiger partial charge in [0.2, 0.25) is 0 Å². The van der Waals surface area contributed by atoms with Crippen molar-refractivity contribution in [2.24, 2.45) is 5.73 Å². The second kappa shape index (κ2) is 17.0. The summed E-state index contributed by atoms with van der Waals surface area (Å²) in [5.41, 5.74) is 15.7. The van der Waals surface area contributed by atoms with Crippen LogP contribution in [0, 0.1) is 5.41 Å². The third-order valence-electron chi connectivity index (χ3n) is 9.22. The Morgan fingerprint density at radius 2 is 1.29 bits per heavy atom. The summed E-state index contributed by atoms with van der Waals surface area (Å²) in [6.45, 7) is 0.0526. The van der Waals surface area contributed by atoms with Crippen molar-refractivity contribution in [3.8, 4) is 0 Å². The van der Waals surface area contributed by atoms with Crippen molar-refractivity contribution >= 4 is 31.1 Å². The van der Waals surface area contributed by atoms with Crippen LogP contribution in [0.2, 0.25) is 0 Å². The predicted octanol–water partition coefficient (Wildman–Crippen LogP) is 3.23. The number of urea groups is 1. The third kappa shape index (κ3) is 9.84. The predicted molar refractivity (Wildman–Crippen MR) is 199 cm³/mol. The quantitative estimate of drug-likeness (QED) is 0.0313. The largest absolute Gasteiger partial charge is 0.398 e. The van der Waals surface area contributed by atoms with Crippen LogP contribution < -0.4 is 16.8 Å². The van der Waals surface area contributed by atoms with Crippen LogP contribution in [-0.2, 0) is 30.5 Å². The molecule has 10 N–H and O–H groups in total. The Labute approximate surface area is 302 Å². The van der Waals surface area contributed by atoms with Crippen molar-refractivity contribution in [1.82, 2.24) is 15.1 Å². The van der Waals surface area contributed by atoms with Crippen molar-refractivity contribution in [3.05, 3.63) is 137 Å². The van der Waals surface area contributed by atoms with Gasteiger partial charge in [-0.2, -0.15) is 0 Å². The summed E-state index contributed by atoms with van der Waals surface area (Å²) < 4.78 is 11.2. The van der Waals surface area contributed by atoms with Crippen LogP contribution >= 0.6 is 7.60 Å². The van der Waals surface area contributed by atoms with Crippen molar-refractivity contribution in [2.45, 2.75) is 56.6 Å². The highest BCUT2D eigenvalue weighted by Crippen LogP contribution is 2.34. The minimum atomic E-state index is -4.19. The normalized spacial score (nSPS) is 19.3. The van der Waals surface area contributed by atoms with Gasteiger partial charge in [-0.15, -0.1) is 0 Å². The molecule has 1 aliphatic rings. The molecule has 1 heterocycles. The van der Waals surface area contributed by atoms with Crippen molar-refractivity contribution in [1.29, 1.82) is 5.41 Å². The molecular weight excluding hydrogens is 683 g/mol. The molecule has 4 aromatic carbocycles. The van der Waals surface area contributed by atoms with E-state index in [1.807, 2.05) is 60.7 Å². The van der Waals surface area contributed by atoms with E-state index >= 15 is 4.79 Å². The van der Waals surface area contributed by atoms with Crippen LogP contribution in [-0.4, -0.2) is 84.6 Å². The van der Waals surface area contributed by atoms with Crippen LogP contribution in [0.4, 0.5) is 10.5 Å². The standard InChI is InChI=1S/C38H45N6O7P/c39-31-16-15-28(20-30(31)36(40)41)24-44-33(22-26-11-5-2-6-12-26)35(46)34(45)32(21-25-9-3-1-4-10-25)43(38(44)48)23-27-13-7-14-29(19-27)37(47)42-17-8-18-52(49,50)51/h1-7,9-16,19-20,32-35,45-46H,8,17-18,21-24,39H2,(H3,40,41)(H,42,47)(H2,49,50,51)/t32-,33-,34+,35+/m1/s1. The molecule has 3 amide bonds. The Morgan fingerprint density at radius 3 is 1.81 bits per heavy atom. The number of nitrogens with zero attached hydrogens (tertiary/aromatic N) is 2. The molecule has 1 fully saturated rings. The van der Waals surface area contributed by atoms with Crippen LogP contribution in [0.3, 0.4) is 0 Å². The second-order valence-electron chi connectivity index (χ2n) is 13.1. The van der Waals surface area contributed by atoms with Gasteiger partial charge in [-0.3, -0.25) is 14.8 Å². The van der Waals surface area contributed by atoms with Crippen LogP contribution in [0.1, 0.15) is 44.6 Å². The molecule has 0 saturated carbocycles. The number of aliphatic hydroxyl groups excluding tert-OH is 2. The monoisotopic (exact) mass is 728 g/mol. The third-order valence-corrected chi connectivity index (χ3v) is 10.1. The fraction of sp³-hybridized carbons (Fsp3) is 0.289. The van der Waals surface area contributed by atoms with E-state index in [0.29, 0.717) is 22.4 Å². The Bertz CT molecular complexity index is 1910. The molecule has 0 spiro atoms. The molecule has 13 nitrogen and oxygen atoms in total. The maximum absolute atomic E-state index is 15.0. The van der Waals surface area contributed by atoms with Crippen molar-refractivity contribution < 1.29 is 34.2 Å². The van der Waals surface area contributed by atoms with E-state index in [9.17, 15) is 19.6 Å². The summed E-state index contributed by atoms with van der Waals surface area (Å²) in [4.78, 5) is 49.3. The van der Waals surface area contributed by atoms with Crippen LogP contribution in [0.15, 0.2) is 103 Å². The maximum Gasteiger partial charge on any atom is 0.325 e. The topological polar surface area (TPSA) is 227 Å². The van der Waals surface area contributed by atoms with Gasteiger partial charge in [0.25, 0.3) is 5.91 Å². The molecule has 5 rings (SSSR count). The number of aliphatic hydroxyl groups is 2. The first-order chi connectivity index (χ1) is 24.8. The lowest BCUT2D eigenvalue weighted by atomic mass is 9.90. The minimum Gasteiger partial charge on any atom is -0.398 e. The molecule has 4 aromatic rings. The summed E-state index contributed by atoms with van der Waals surface area (Å²) >= 11 is 0. The number of amidine groups is 1. The summed E-state index contributed by atoms with van der Waals surface area (Å²) in [6, 6.07) is 28.2. The number of nitrogens with one attached hydrogen (secondary N) is 2. The summed E-state index contributed by atoms with van der Waals surface area (Å²) in [5.74, 6) is -0.673. The van der Waals surface area contributed by atoms with Gasteiger partial charge in [0.05, 0.1) is 18.2 Å². The Morgan fingerprint density at radius 1 is 0.769 bits per heavy atom. The van der Waals surface area contributed by atoms with E-state index in [2.05, 4.69) is 5.32 Å². The Hall–Kier alpha value is -5.04. The average molecular weight is 729 g/mol. The SMILES string of the molecule is N=C(N)c1cc(CN2C(=O)N(Cc3cccc(C(=O)NCCCP(=O)(O)O)c3)[C@H](Cc3ccccc3)[C@H](O)[C@@H](O)[C@H]2Cc2ccccc2)ccc1N. The second-order valence-corrected chi connectivity index (χ2v) is 14.8. The summed E-state index contributed by atoms with van der Waals surface area (Å²) in [5, 5.41) is 34.7. The molecule has 0 radical (unpaired) electrons. The highest BCUT2D eigenvalue weighted by atomic mass is 31.2. The first kappa shape index (κ1) is 38.2. The number of nitrogens with two attached hydrogens (primary N) is 2. The van der Waals surface area contributed by atoms with Gasteiger partial charge < -0.3 is 46.6 Å². The zero-order valence-corrected chi connectivity index (χ0v) is 29.5. The van der Waals surface area contributed by atoms with E-state index in [4.69, 9.17) is 26.7 Å². The molecular formula is C38H45N6O7P. The van der Waals surface area contributed by atoms with E-state index in [1.165, 1.54) is 4.90 Å². The number of hydrogen-bond donors (Lipinski definition) is 8. The molecule has 4 atom stereocenters. The number of carbonyl (C=O) groups is 2. The minimum absolute atomic E-state index is 0.00624. The molecule has 1 saturated heterocycles. The first-order valence-electron chi connectivity index (χ1n) is 17.0. The summed E-state index contributed by atoms with van der Waals surface area (Å²) in [7, 11) is -4.19. The lowest BCUT2D eigenvalue weighted by molar-refractivity contribution is -0.0408. The lowest BCUT2D eigenvalue weighted by Crippen LogP contribution is -2.50. The number of anilines is 1. The molecule has 274 valence electrons. The van der Waals surface area contributed by atoms with E-state index in [-0.39, 0.29) is 56.5 Å². The van der Waals surface area contributed by atoms with Gasteiger partial charge in [0.15, 0.2) is 0 Å². The maximum atomic E-state index is 15.0. The lowest BCUT2D eigenvalue weighted by Gasteiger charge is -2.36. The van der Waals surface area contributed by atoms with Gasteiger partial charge in [0.1, 0.15) is 18.0 Å². The van der Waals surface area contributed by atoms with Crippen molar-refractivity contribution in [2.75, 3.05) is 18.4 Å². The molecule has 0 aliphatic carbocycles. The Balaban J connectivity index is 1.53. The summed E-state index contributed by atoms with van der Waals surface area (Å²) in [6.07, 6.45) is -2.52. The highest BCUT2D eigenvalue weighted by molar-refractivity contribution is 7.51. The molecule has 14 heteroatoms. The van der Waals surface area contributed by atoms with Gasteiger partial charge in [0, 0.05) is 36.4 Å². The number of hydrogen-bond acceptors (Lipinski definition) is 7. The van der Waals surface area contributed by atoms with Crippen LogP contribution in [0.5, 0.6) is 0 Å². The number of rotatable bonds is 14. The average Bonchev–Trinajstić information content (AvgIpc) is 3.18.